The molecule has 0 aliphatic carbocycles. The van der Waals surface area contributed by atoms with Crippen LogP contribution in [0.5, 0.6) is 0 Å². The maximum absolute atomic E-state index is 13.3. The van der Waals surface area contributed by atoms with Gasteiger partial charge in [-0.2, -0.15) is 5.26 Å². The van der Waals surface area contributed by atoms with Gasteiger partial charge in [0.05, 0.1) is 12.2 Å². The van der Waals surface area contributed by atoms with E-state index in [1.807, 2.05) is 6.08 Å². The Morgan fingerprint density at radius 2 is 2.03 bits per heavy atom. The molecule has 5 nitrogen and oxygen atoms in total. The summed E-state index contributed by atoms with van der Waals surface area (Å²) in [6, 6.07) is 11.9. The molecule has 1 aliphatic rings. The van der Waals surface area contributed by atoms with Crippen molar-refractivity contribution in [1.29, 1.82) is 5.26 Å². The third kappa shape index (κ3) is 5.74. The van der Waals surface area contributed by atoms with E-state index in [0.29, 0.717) is 25.1 Å². The van der Waals surface area contributed by atoms with E-state index in [4.69, 9.17) is 10.1 Å². The highest BCUT2D eigenvalue weighted by molar-refractivity contribution is 5.92. The number of nitrogens with zero attached hydrogens (tertiary/aromatic N) is 2. The molecule has 2 aromatic carbocycles. The molecule has 0 radical (unpaired) electrons. The smallest absolute Gasteiger partial charge is 0.246 e. The number of rotatable bonds is 6. The molecule has 1 amide bonds. The highest BCUT2D eigenvalue weighted by atomic mass is 19.1. The summed E-state index contributed by atoms with van der Waals surface area (Å²) in [5.41, 5.74) is 5.09. The molecular formula is C22H19F2N3O2. The van der Waals surface area contributed by atoms with Gasteiger partial charge < -0.3 is 4.90 Å². The molecule has 1 heterocycles. The normalized spacial score (nSPS) is 13.8. The predicted octanol–water partition coefficient (Wildman–Crippen LogP) is 3.69. The van der Waals surface area contributed by atoms with Crippen molar-refractivity contribution in [3.05, 3.63) is 88.6 Å². The number of carbonyl (C=O) groups excluding carboxylic acids is 1. The molecule has 0 saturated carbocycles. The standard InChI is InChI=1S/C22H19F2N3O2/c23-19-5-1-16(2-6-19)4-8-22(28)27-11-9-20(10-12-27)26-29-15-17-3-7-21(24)18(13-17)14-25/h1-9,13,26H,10-12,15H2. The number of nitrogens with one attached hydrogen (secondary N) is 1. The summed E-state index contributed by atoms with van der Waals surface area (Å²) in [6.07, 6.45) is 5.58. The highest BCUT2D eigenvalue weighted by Crippen LogP contribution is 2.13. The summed E-state index contributed by atoms with van der Waals surface area (Å²) >= 11 is 0. The van der Waals surface area contributed by atoms with Gasteiger partial charge in [0.25, 0.3) is 0 Å². The lowest BCUT2D eigenvalue weighted by Gasteiger charge is -2.25. The Morgan fingerprint density at radius 3 is 2.72 bits per heavy atom. The number of nitriles is 1. The quantitative estimate of drug-likeness (QED) is 0.599. The van der Waals surface area contributed by atoms with Crippen molar-refractivity contribution >= 4 is 12.0 Å². The van der Waals surface area contributed by atoms with Crippen LogP contribution >= 0.6 is 0 Å². The Bertz CT molecular complexity index is 979. The summed E-state index contributed by atoms with van der Waals surface area (Å²) < 4.78 is 26.2. The number of amides is 1. The van der Waals surface area contributed by atoms with E-state index >= 15 is 0 Å². The lowest BCUT2D eigenvalue weighted by Crippen LogP contribution is -2.35. The van der Waals surface area contributed by atoms with Crippen molar-refractivity contribution in [1.82, 2.24) is 10.4 Å². The van der Waals surface area contributed by atoms with Crippen LogP contribution in [0.3, 0.4) is 0 Å². The van der Waals surface area contributed by atoms with E-state index in [1.54, 1.807) is 35.2 Å². The van der Waals surface area contributed by atoms with Gasteiger partial charge in [-0.05, 0) is 47.5 Å². The van der Waals surface area contributed by atoms with Crippen molar-refractivity contribution in [2.45, 2.75) is 13.0 Å². The largest absolute Gasteiger partial charge is 0.335 e. The van der Waals surface area contributed by atoms with Crippen LogP contribution in [0, 0.1) is 23.0 Å². The first-order valence-corrected chi connectivity index (χ1v) is 9.03. The van der Waals surface area contributed by atoms with Gasteiger partial charge >= 0.3 is 0 Å². The summed E-state index contributed by atoms with van der Waals surface area (Å²) in [5.74, 6) is -1.000. The fraction of sp³-hybridized carbons (Fsp3) is 0.182. The molecule has 0 atom stereocenters. The van der Waals surface area contributed by atoms with Gasteiger partial charge in [-0.3, -0.25) is 15.1 Å². The number of hydroxylamine groups is 1. The van der Waals surface area contributed by atoms with E-state index in [0.717, 1.165) is 11.3 Å². The lowest BCUT2D eigenvalue weighted by atomic mass is 10.1. The zero-order chi connectivity index (χ0) is 20.6. The van der Waals surface area contributed by atoms with Gasteiger partial charge in [-0.15, -0.1) is 0 Å². The molecule has 0 fully saturated rings. The number of benzene rings is 2. The van der Waals surface area contributed by atoms with Crippen molar-refractivity contribution in [2.75, 3.05) is 13.1 Å². The van der Waals surface area contributed by atoms with Crippen LogP contribution in [0.15, 0.2) is 60.3 Å². The van der Waals surface area contributed by atoms with Crippen LogP contribution in [0.2, 0.25) is 0 Å². The number of carbonyl (C=O) groups is 1. The van der Waals surface area contributed by atoms with E-state index < -0.39 is 5.82 Å². The van der Waals surface area contributed by atoms with Crippen molar-refractivity contribution in [2.24, 2.45) is 0 Å². The summed E-state index contributed by atoms with van der Waals surface area (Å²) in [5, 5.41) is 8.85. The summed E-state index contributed by atoms with van der Waals surface area (Å²) in [7, 11) is 0. The van der Waals surface area contributed by atoms with Crippen LogP contribution in [0.25, 0.3) is 6.08 Å². The minimum absolute atomic E-state index is 0.0224. The first-order chi connectivity index (χ1) is 14.0. The zero-order valence-corrected chi connectivity index (χ0v) is 15.6. The molecule has 1 N–H and O–H groups in total. The van der Waals surface area contributed by atoms with Crippen LogP contribution < -0.4 is 5.48 Å². The van der Waals surface area contributed by atoms with E-state index in [-0.39, 0.29) is 23.9 Å². The molecule has 148 valence electrons. The Balaban J connectivity index is 1.46. The van der Waals surface area contributed by atoms with Gasteiger partial charge in [-0.1, -0.05) is 18.2 Å². The number of halogens is 2. The third-order valence-electron chi connectivity index (χ3n) is 4.40. The Hall–Kier alpha value is -3.50. The molecular weight excluding hydrogens is 376 g/mol. The molecule has 0 spiro atoms. The molecule has 1 aliphatic heterocycles. The maximum Gasteiger partial charge on any atom is 0.246 e. The zero-order valence-electron chi connectivity index (χ0n) is 15.6. The topological polar surface area (TPSA) is 65.4 Å². The van der Waals surface area contributed by atoms with Crippen molar-refractivity contribution in [3.63, 3.8) is 0 Å². The first-order valence-electron chi connectivity index (χ1n) is 9.03. The van der Waals surface area contributed by atoms with Crippen LogP contribution in [0.1, 0.15) is 23.1 Å². The second-order valence-corrected chi connectivity index (χ2v) is 6.47. The second-order valence-electron chi connectivity index (χ2n) is 6.47. The summed E-state index contributed by atoms with van der Waals surface area (Å²) in [4.78, 5) is 19.4. The van der Waals surface area contributed by atoms with E-state index in [2.05, 4.69) is 5.48 Å². The minimum atomic E-state index is -0.558. The van der Waals surface area contributed by atoms with Gasteiger partial charge in [0, 0.05) is 31.3 Å². The molecule has 0 aromatic heterocycles. The van der Waals surface area contributed by atoms with Gasteiger partial charge in [0.15, 0.2) is 0 Å². The molecule has 0 bridgehead atoms. The maximum atomic E-state index is 13.3. The minimum Gasteiger partial charge on any atom is -0.335 e. The molecule has 29 heavy (non-hydrogen) atoms. The van der Waals surface area contributed by atoms with Crippen LogP contribution in [-0.2, 0) is 16.2 Å². The second kappa shape index (κ2) is 9.62. The molecule has 0 unspecified atom stereocenters. The highest BCUT2D eigenvalue weighted by Gasteiger charge is 2.15. The Morgan fingerprint density at radius 1 is 1.24 bits per heavy atom. The van der Waals surface area contributed by atoms with Gasteiger partial charge in [0.2, 0.25) is 5.91 Å². The Kier molecular flexibility index (Phi) is 6.72. The summed E-state index contributed by atoms with van der Waals surface area (Å²) in [6.45, 7) is 1.15. The average Bonchev–Trinajstić information content (AvgIpc) is 2.75. The Labute approximate surface area is 167 Å². The molecule has 2 aromatic rings. The fourth-order valence-corrected chi connectivity index (χ4v) is 2.77. The van der Waals surface area contributed by atoms with E-state index in [9.17, 15) is 13.6 Å². The molecule has 3 rings (SSSR count). The monoisotopic (exact) mass is 395 g/mol. The van der Waals surface area contributed by atoms with E-state index in [1.165, 1.54) is 30.3 Å². The number of hydrogen-bond acceptors (Lipinski definition) is 4. The first kappa shape index (κ1) is 20.2. The average molecular weight is 395 g/mol. The van der Waals surface area contributed by atoms with Crippen LogP contribution in [0.4, 0.5) is 8.78 Å². The fourth-order valence-electron chi connectivity index (χ4n) is 2.77. The molecule has 7 heteroatoms. The number of hydrogen-bond donors (Lipinski definition) is 1. The van der Waals surface area contributed by atoms with Crippen molar-refractivity contribution < 1.29 is 18.4 Å². The van der Waals surface area contributed by atoms with Gasteiger partial charge in [-0.25, -0.2) is 8.78 Å². The van der Waals surface area contributed by atoms with Gasteiger partial charge in [0.1, 0.15) is 17.7 Å². The predicted molar refractivity (Wildman–Crippen MR) is 104 cm³/mol. The van der Waals surface area contributed by atoms with Crippen molar-refractivity contribution in [3.8, 4) is 6.07 Å². The third-order valence-corrected chi connectivity index (χ3v) is 4.40. The lowest BCUT2D eigenvalue weighted by molar-refractivity contribution is -0.125. The molecule has 0 saturated heterocycles. The van der Waals surface area contributed by atoms with Crippen LogP contribution in [-0.4, -0.2) is 23.9 Å². The SMILES string of the molecule is N#Cc1cc(CONC2=CCN(C(=O)C=Cc3ccc(F)cc3)CC2)ccc1F.